The minimum absolute atomic E-state index is 0.119. The molecule has 1 aromatic heterocycles. The van der Waals surface area contributed by atoms with Crippen LogP contribution in [0.25, 0.3) is 21.9 Å². The normalized spacial score (nSPS) is 12.5. The first-order valence-electron chi connectivity index (χ1n) is 11.6. The Hall–Kier alpha value is -3.25. The molecule has 182 valence electrons. The van der Waals surface area contributed by atoms with Crippen LogP contribution in [0, 0.1) is 0 Å². The number of ether oxygens (including phenoxy) is 2. The van der Waals surface area contributed by atoms with Crippen LogP contribution in [0.15, 0.2) is 64.4 Å². The van der Waals surface area contributed by atoms with Gasteiger partial charge in [0.05, 0.1) is 5.39 Å². The summed E-state index contributed by atoms with van der Waals surface area (Å²) < 4.78 is 18.3. The molecule has 0 aliphatic carbocycles. The maximum Gasteiger partial charge on any atom is 0.205 e. The summed E-state index contributed by atoms with van der Waals surface area (Å²) in [4.78, 5) is 15.5. The molecule has 0 atom stereocenters. The molecule has 3 aromatic rings. The molecular formula is C28H35NO5. The predicted octanol–water partition coefficient (Wildman–Crippen LogP) is 6.05. The number of aromatic hydroxyl groups is 1. The third kappa shape index (κ3) is 5.45. The second-order valence-electron chi connectivity index (χ2n) is 9.43. The van der Waals surface area contributed by atoms with Gasteiger partial charge in [-0.15, -0.1) is 0 Å². The van der Waals surface area contributed by atoms with Crippen molar-refractivity contribution in [1.82, 2.24) is 4.90 Å². The Morgan fingerprint density at radius 1 is 1.12 bits per heavy atom. The van der Waals surface area contributed by atoms with Crippen LogP contribution in [-0.2, 0) is 0 Å². The lowest BCUT2D eigenvalue weighted by atomic mass is 10.1. The van der Waals surface area contributed by atoms with Gasteiger partial charge >= 0.3 is 0 Å². The summed E-state index contributed by atoms with van der Waals surface area (Å²) in [6.07, 6.45) is 5.72. The average Bonchev–Trinajstić information content (AvgIpc) is 2.76. The van der Waals surface area contributed by atoms with Crippen molar-refractivity contribution in [2.24, 2.45) is 0 Å². The molecule has 6 nitrogen and oxygen atoms in total. The second-order valence-corrected chi connectivity index (χ2v) is 9.43. The average molecular weight is 466 g/mol. The van der Waals surface area contributed by atoms with E-state index in [0.29, 0.717) is 29.0 Å². The molecule has 1 N–H and O–H groups in total. The lowest BCUT2D eigenvalue weighted by Crippen LogP contribution is -2.37. The van der Waals surface area contributed by atoms with Gasteiger partial charge in [0.2, 0.25) is 11.2 Å². The van der Waals surface area contributed by atoms with E-state index in [-0.39, 0.29) is 34.3 Å². The molecule has 0 aliphatic rings. The van der Waals surface area contributed by atoms with Crippen molar-refractivity contribution in [3.63, 3.8) is 0 Å². The Bertz CT molecular complexity index is 1250. The summed E-state index contributed by atoms with van der Waals surface area (Å²) >= 11 is 0. The monoisotopic (exact) mass is 465 g/mol. The standard InChI is InChI=1S/C28H35NO5/c1-8-28(6,7)34-23-15-14-20-25(31)24-21(30)12-11-13-22(24)33-26(20)27(23)32-17-10-9-16-29(18(2)3)19(4)5/h8-15,18-19,30H,1,16-17H2,2-7H3/b10-9+. The quantitative estimate of drug-likeness (QED) is 0.290. The van der Waals surface area contributed by atoms with Gasteiger partial charge in [0.15, 0.2) is 11.3 Å². The summed E-state index contributed by atoms with van der Waals surface area (Å²) in [5.41, 5.74) is -0.428. The van der Waals surface area contributed by atoms with Crippen LogP contribution in [0.3, 0.4) is 0 Å². The van der Waals surface area contributed by atoms with Gasteiger partial charge in [0, 0.05) is 18.6 Å². The molecule has 0 spiro atoms. The molecule has 0 saturated carbocycles. The zero-order valence-corrected chi connectivity index (χ0v) is 20.9. The zero-order chi connectivity index (χ0) is 25.0. The lowest BCUT2D eigenvalue weighted by molar-refractivity contribution is 0.154. The van der Waals surface area contributed by atoms with Crippen LogP contribution in [0.4, 0.5) is 0 Å². The third-order valence-corrected chi connectivity index (χ3v) is 5.76. The van der Waals surface area contributed by atoms with E-state index in [4.69, 9.17) is 13.9 Å². The molecule has 0 aliphatic heterocycles. The number of hydrogen-bond donors (Lipinski definition) is 1. The van der Waals surface area contributed by atoms with Gasteiger partial charge in [0.1, 0.15) is 28.9 Å². The van der Waals surface area contributed by atoms with E-state index in [1.807, 2.05) is 19.9 Å². The molecule has 0 unspecified atom stereocenters. The van der Waals surface area contributed by atoms with Crippen molar-refractivity contribution < 1.29 is 19.0 Å². The van der Waals surface area contributed by atoms with Crippen LogP contribution in [0.1, 0.15) is 41.5 Å². The number of hydrogen-bond acceptors (Lipinski definition) is 6. The number of rotatable bonds is 10. The third-order valence-electron chi connectivity index (χ3n) is 5.76. The van der Waals surface area contributed by atoms with Gasteiger partial charge in [0.25, 0.3) is 0 Å². The second kappa shape index (κ2) is 10.3. The topological polar surface area (TPSA) is 72.1 Å². The highest BCUT2D eigenvalue weighted by Crippen LogP contribution is 2.39. The Balaban J connectivity index is 2.02. The molecule has 2 aromatic carbocycles. The van der Waals surface area contributed by atoms with Gasteiger partial charge in [-0.25, -0.2) is 0 Å². The molecule has 6 heteroatoms. The number of nitrogens with zero attached hydrogens (tertiary/aromatic N) is 1. The van der Waals surface area contributed by atoms with E-state index in [2.05, 4.69) is 45.2 Å². The zero-order valence-electron chi connectivity index (χ0n) is 20.9. The highest BCUT2D eigenvalue weighted by Gasteiger charge is 2.23. The first kappa shape index (κ1) is 25.4. The Kier molecular flexibility index (Phi) is 7.72. The summed E-state index contributed by atoms with van der Waals surface area (Å²) in [7, 11) is 0. The van der Waals surface area contributed by atoms with Crippen molar-refractivity contribution in [3.8, 4) is 17.2 Å². The molecule has 34 heavy (non-hydrogen) atoms. The van der Waals surface area contributed by atoms with Crippen molar-refractivity contribution in [3.05, 3.63) is 65.4 Å². The van der Waals surface area contributed by atoms with E-state index >= 15 is 0 Å². The summed E-state index contributed by atoms with van der Waals surface area (Å²) in [6, 6.07) is 8.93. The van der Waals surface area contributed by atoms with E-state index in [9.17, 15) is 9.90 Å². The summed E-state index contributed by atoms with van der Waals surface area (Å²) in [6.45, 7) is 17.4. The van der Waals surface area contributed by atoms with Crippen LogP contribution in [0.2, 0.25) is 0 Å². The highest BCUT2D eigenvalue weighted by atomic mass is 16.5. The minimum Gasteiger partial charge on any atom is -0.507 e. The molecule has 3 rings (SSSR count). The Labute approximate surface area is 201 Å². The first-order chi connectivity index (χ1) is 16.1. The van der Waals surface area contributed by atoms with Crippen molar-refractivity contribution in [2.45, 2.75) is 59.2 Å². The van der Waals surface area contributed by atoms with Crippen molar-refractivity contribution >= 4 is 21.9 Å². The van der Waals surface area contributed by atoms with Gasteiger partial charge in [-0.1, -0.05) is 24.8 Å². The molecule has 0 radical (unpaired) electrons. The fourth-order valence-corrected chi connectivity index (χ4v) is 3.86. The van der Waals surface area contributed by atoms with Crippen LogP contribution >= 0.6 is 0 Å². The number of benzene rings is 2. The first-order valence-corrected chi connectivity index (χ1v) is 11.6. The van der Waals surface area contributed by atoms with Crippen molar-refractivity contribution in [2.75, 3.05) is 13.2 Å². The van der Waals surface area contributed by atoms with E-state index in [1.54, 1.807) is 30.3 Å². The maximum absolute atomic E-state index is 13.1. The predicted molar refractivity (Wildman–Crippen MR) is 138 cm³/mol. The Morgan fingerprint density at radius 2 is 1.82 bits per heavy atom. The number of phenols is 1. The van der Waals surface area contributed by atoms with Gasteiger partial charge < -0.3 is 19.0 Å². The van der Waals surface area contributed by atoms with Crippen LogP contribution in [0.5, 0.6) is 17.2 Å². The smallest absolute Gasteiger partial charge is 0.205 e. The van der Waals surface area contributed by atoms with Crippen LogP contribution < -0.4 is 14.9 Å². The van der Waals surface area contributed by atoms with Gasteiger partial charge in [-0.05, 0) is 71.9 Å². The highest BCUT2D eigenvalue weighted by molar-refractivity contribution is 5.96. The lowest BCUT2D eigenvalue weighted by Gasteiger charge is -2.29. The summed E-state index contributed by atoms with van der Waals surface area (Å²) in [5.74, 6) is 0.662. The minimum atomic E-state index is -0.661. The van der Waals surface area contributed by atoms with Crippen LogP contribution in [-0.4, -0.2) is 40.8 Å². The number of fused-ring (bicyclic) bond motifs is 2. The molecule has 1 heterocycles. The fourth-order valence-electron chi connectivity index (χ4n) is 3.86. The molecule has 0 bridgehead atoms. The van der Waals surface area contributed by atoms with Gasteiger partial charge in [-0.3, -0.25) is 9.69 Å². The largest absolute Gasteiger partial charge is 0.507 e. The van der Waals surface area contributed by atoms with E-state index in [0.717, 1.165) is 6.54 Å². The maximum atomic E-state index is 13.1. The van der Waals surface area contributed by atoms with E-state index in [1.165, 1.54) is 6.07 Å². The number of phenolic OH excluding ortho intramolecular Hbond substituents is 1. The molecule has 0 fully saturated rings. The molecule has 0 amide bonds. The summed E-state index contributed by atoms with van der Waals surface area (Å²) in [5, 5.41) is 10.7. The van der Waals surface area contributed by atoms with E-state index < -0.39 is 5.60 Å². The molecule has 0 saturated heterocycles. The SMILES string of the molecule is C=CC(C)(C)Oc1ccc2c(=O)c3c(O)cccc3oc2c1OC/C=C/CN(C(C)C)C(C)C. The fraction of sp³-hybridized carbons (Fsp3) is 0.393. The van der Waals surface area contributed by atoms with Gasteiger partial charge in [-0.2, -0.15) is 0 Å². The Morgan fingerprint density at radius 3 is 2.47 bits per heavy atom. The molecular weight excluding hydrogens is 430 g/mol. The van der Waals surface area contributed by atoms with Crippen molar-refractivity contribution in [1.29, 1.82) is 0 Å².